The van der Waals surface area contributed by atoms with Crippen LogP contribution < -0.4 is 0 Å². The van der Waals surface area contributed by atoms with Gasteiger partial charge in [-0.3, -0.25) is 0 Å². The SMILES string of the molecule is Cc1ccc(-c2cc(C)cc(-c3ccc(C)cc3)c2C)cc1. The van der Waals surface area contributed by atoms with Gasteiger partial charge in [-0.05, 0) is 61.1 Å². The van der Waals surface area contributed by atoms with Crippen molar-refractivity contribution in [2.75, 3.05) is 0 Å². The van der Waals surface area contributed by atoms with Crippen molar-refractivity contribution in [2.45, 2.75) is 27.7 Å². The van der Waals surface area contributed by atoms with Crippen molar-refractivity contribution in [3.05, 3.63) is 82.9 Å². The second kappa shape index (κ2) is 5.81. The molecule has 0 bridgehead atoms. The third-order valence-electron chi connectivity index (χ3n) is 4.28. The van der Waals surface area contributed by atoms with E-state index in [1.807, 2.05) is 0 Å². The maximum Gasteiger partial charge on any atom is -0.0146 e. The minimum atomic E-state index is 1.29. The number of hydrogen-bond donors (Lipinski definition) is 0. The van der Waals surface area contributed by atoms with Gasteiger partial charge in [-0.25, -0.2) is 0 Å². The first kappa shape index (κ1) is 14.6. The van der Waals surface area contributed by atoms with Gasteiger partial charge in [-0.2, -0.15) is 0 Å². The van der Waals surface area contributed by atoms with Gasteiger partial charge in [0, 0.05) is 0 Å². The molecule has 0 aliphatic rings. The van der Waals surface area contributed by atoms with E-state index in [-0.39, 0.29) is 0 Å². The average Bonchev–Trinajstić information content (AvgIpc) is 2.51. The molecule has 0 atom stereocenters. The molecule has 0 saturated heterocycles. The van der Waals surface area contributed by atoms with Crippen LogP contribution in [0.15, 0.2) is 60.7 Å². The maximum atomic E-state index is 2.29. The Morgan fingerprint density at radius 2 is 0.818 bits per heavy atom. The number of rotatable bonds is 2. The van der Waals surface area contributed by atoms with E-state index in [0.29, 0.717) is 0 Å². The van der Waals surface area contributed by atoms with E-state index in [4.69, 9.17) is 0 Å². The first-order valence-electron chi connectivity index (χ1n) is 7.80. The summed E-state index contributed by atoms with van der Waals surface area (Å²) in [6.45, 7) is 8.66. The summed E-state index contributed by atoms with van der Waals surface area (Å²) < 4.78 is 0. The third kappa shape index (κ3) is 2.82. The molecular formula is C22H22. The fourth-order valence-electron chi connectivity index (χ4n) is 2.92. The predicted octanol–water partition coefficient (Wildman–Crippen LogP) is 6.25. The molecule has 0 radical (unpaired) electrons. The minimum absolute atomic E-state index is 1.29. The summed E-state index contributed by atoms with van der Waals surface area (Å²) in [5.41, 5.74) is 10.5. The molecule has 0 aromatic heterocycles. The summed E-state index contributed by atoms with van der Waals surface area (Å²) >= 11 is 0. The molecule has 22 heavy (non-hydrogen) atoms. The van der Waals surface area contributed by atoms with Crippen LogP contribution in [0.3, 0.4) is 0 Å². The van der Waals surface area contributed by atoms with Crippen LogP contribution in [0.4, 0.5) is 0 Å². The van der Waals surface area contributed by atoms with E-state index < -0.39 is 0 Å². The molecule has 0 heterocycles. The highest BCUT2D eigenvalue weighted by Gasteiger charge is 2.09. The first-order valence-corrected chi connectivity index (χ1v) is 7.80. The summed E-state index contributed by atoms with van der Waals surface area (Å²) in [6.07, 6.45) is 0. The van der Waals surface area contributed by atoms with Gasteiger partial charge in [0.1, 0.15) is 0 Å². The quantitative estimate of drug-likeness (QED) is 0.522. The lowest BCUT2D eigenvalue weighted by molar-refractivity contribution is 1.37. The Morgan fingerprint density at radius 1 is 0.455 bits per heavy atom. The predicted molar refractivity (Wildman–Crippen MR) is 96.3 cm³/mol. The molecule has 0 spiro atoms. The summed E-state index contributed by atoms with van der Waals surface area (Å²) in [4.78, 5) is 0. The van der Waals surface area contributed by atoms with Crippen LogP contribution in [0.2, 0.25) is 0 Å². The van der Waals surface area contributed by atoms with Crippen LogP contribution in [0.1, 0.15) is 22.3 Å². The molecule has 0 N–H and O–H groups in total. The molecule has 0 heteroatoms. The molecule has 3 aromatic rings. The number of benzene rings is 3. The van der Waals surface area contributed by atoms with Crippen molar-refractivity contribution in [1.29, 1.82) is 0 Å². The summed E-state index contributed by atoms with van der Waals surface area (Å²) in [5, 5.41) is 0. The molecule has 0 fully saturated rings. The van der Waals surface area contributed by atoms with Gasteiger partial charge < -0.3 is 0 Å². The van der Waals surface area contributed by atoms with E-state index in [2.05, 4.69) is 88.4 Å². The van der Waals surface area contributed by atoms with Crippen LogP contribution in [0, 0.1) is 27.7 Å². The first-order chi connectivity index (χ1) is 10.5. The summed E-state index contributed by atoms with van der Waals surface area (Å²) in [7, 11) is 0. The largest absolute Gasteiger partial charge is 0.0587 e. The molecule has 110 valence electrons. The van der Waals surface area contributed by atoms with Crippen molar-refractivity contribution in [3.63, 3.8) is 0 Å². The van der Waals surface area contributed by atoms with Crippen LogP contribution in [-0.2, 0) is 0 Å². The van der Waals surface area contributed by atoms with Crippen molar-refractivity contribution < 1.29 is 0 Å². The molecule has 0 aliphatic heterocycles. The van der Waals surface area contributed by atoms with Gasteiger partial charge in [-0.1, -0.05) is 71.8 Å². The Hall–Kier alpha value is -2.34. The van der Waals surface area contributed by atoms with E-state index >= 15 is 0 Å². The highest BCUT2D eigenvalue weighted by molar-refractivity contribution is 5.79. The molecule has 3 aromatic carbocycles. The third-order valence-corrected chi connectivity index (χ3v) is 4.28. The van der Waals surface area contributed by atoms with Gasteiger partial charge >= 0.3 is 0 Å². The molecule has 0 saturated carbocycles. The van der Waals surface area contributed by atoms with E-state index in [1.165, 1.54) is 44.5 Å². The average molecular weight is 286 g/mol. The maximum absolute atomic E-state index is 2.29. The van der Waals surface area contributed by atoms with E-state index in [1.54, 1.807) is 0 Å². The van der Waals surface area contributed by atoms with Crippen molar-refractivity contribution in [2.24, 2.45) is 0 Å². The van der Waals surface area contributed by atoms with Gasteiger partial charge in [-0.15, -0.1) is 0 Å². The van der Waals surface area contributed by atoms with Gasteiger partial charge in [0.15, 0.2) is 0 Å². The topological polar surface area (TPSA) is 0 Å². The molecule has 3 rings (SSSR count). The molecule has 0 unspecified atom stereocenters. The van der Waals surface area contributed by atoms with Crippen LogP contribution >= 0.6 is 0 Å². The Morgan fingerprint density at radius 3 is 1.18 bits per heavy atom. The molecule has 0 aliphatic carbocycles. The second-order valence-electron chi connectivity index (χ2n) is 6.22. The number of hydrogen-bond acceptors (Lipinski definition) is 0. The highest BCUT2D eigenvalue weighted by atomic mass is 14.1. The lowest BCUT2D eigenvalue weighted by atomic mass is 9.90. The van der Waals surface area contributed by atoms with Crippen molar-refractivity contribution >= 4 is 0 Å². The standard InChI is InChI=1S/C22H22/c1-15-5-9-19(10-6-15)21-13-17(3)14-22(18(21)4)20-11-7-16(2)8-12-20/h5-14H,1-4H3. The zero-order chi connectivity index (χ0) is 15.7. The zero-order valence-electron chi connectivity index (χ0n) is 13.8. The fraction of sp³-hybridized carbons (Fsp3) is 0.182. The Kier molecular flexibility index (Phi) is 3.85. The lowest BCUT2D eigenvalue weighted by Gasteiger charge is -2.14. The minimum Gasteiger partial charge on any atom is -0.0587 e. The van der Waals surface area contributed by atoms with Crippen molar-refractivity contribution in [3.8, 4) is 22.3 Å². The Labute approximate surface area is 133 Å². The summed E-state index contributed by atoms with van der Waals surface area (Å²) in [6, 6.07) is 22.2. The normalized spacial score (nSPS) is 10.7. The van der Waals surface area contributed by atoms with Crippen LogP contribution in [0.25, 0.3) is 22.3 Å². The Bertz CT molecular complexity index is 724. The van der Waals surface area contributed by atoms with Gasteiger partial charge in [0.05, 0.1) is 0 Å². The molecular weight excluding hydrogens is 264 g/mol. The van der Waals surface area contributed by atoms with E-state index in [9.17, 15) is 0 Å². The van der Waals surface area contributed by atoms with Crippen molar-refractivity contribution in [1.82, 2.24) is 0 Å². The fourth-order valence-corrected chi connectivity index (χ4v) is 2.92. The lowest BCUT2D eigenvalue weighted by Crippen LogP contribution is -1.91. The monoisotopic (exact) mass is 286 g/mol. The van der Waals surface area contributed by atoms with Crippen LogP contribution in [0.5, 0.6) is 0 Å². The van der Waals surface area contributed by atoms with Gasteiger partial charge in [0.25, 0.3) is 0 Å². The molecule has 0 amide bonds. The Balaban J connectivity index is 2.17. The van der Waals surface area contributed by atoms with Gasteiger partial charge in [0.2, 0.25) is 0 Å². The number of aryl methyl sites for hydroxylation is 3. The van der Waals surface area contributed by atoms with E-state index in [0.717, 1.165) is 0 Å². The second-order valence-corrected chi connectivity index (χ2v) is 6.22. The van der Waals surface area contributed by atoms with Crippen LogP contribution in [-0.4, -0.2) is 0 Å². The highest BCUT2D eigenvalue weighted by Crippen LogP contribution is 2.33. The summed E-state index contributed by atoms with van der Waals surface area (Å²) in [5.74, 6) is 0. The zero-order valence-corrected chi connectivity index (χ0v) is 13.8. The molecule has 0 nitrogen and oxygen atoms in total. The smallest absolute Gasteiger partial charge is 0.0146 e.